The summed E-state index contributed by atoms with van der Waals surface area (Å²) < 4.78 is 32.0. The molecule has 0 bridgehead atoms. The van der Waals surface area contributed by atoms with E-state index in [2.05, 4.69) is 30.5 Å². The van der Waals surface area contributed by atoms with Crippen LogP contribution in [0.1, 0.15) is 35.7 Å². The normalized spacial score (nSPS) is 17.3. The molecule has 0 saturated carbocycles. The molecule has 2 aliphatic heterocycles. The smallest absolute Gasteiger partial charge is 0.341 e. The standard InChI is InChI=1S/C29H27F2N7O3/c1-32-20-9-19(30)23(31)21-22-25(37-6-2-3-7-37)17(12-34-27(22)36-24(20)21)14-8-16-26(39)18(29(40)41)13-38(28(16)35-10-14)15-4-5-33-11-15/h8-10,12-13,15,32-33H,2-7,11H2,1H3,(H,34,36)(H,40,41)/t15-/m1/s1. The van der Waals surface area contributed by atoms with Crippen molar-refractivity contribution in [1.82, 2.24) is 24.8 Å². The van der Waals surface area contributed by atoms with E-state index < -0.39 is 23.0 Å². The Labute approximate surface area is 232 Å². The van der Waals surface area contributed by atoms with Gasteiger partial charge < -0.3 is 30.2 Å². The summed E-state index contributed by atoms with van der Waals surface area (Å²) in [5.74, 6) is -3.25. The zero-order valence-electron chi connectivity index (χ0n) is 22.2. The summed E-state index contributed by atoms with van der Waals surface area (Å²) in [6.45, 7) is 2.83. The average molecular weight is 560 g/mol. The lowest BCUT2D eigenvalue weighted by Gasteiger charge is -2.23. The lowest BCUT2D eigenvalue weighted by Crippen LogP contribution is -2.23. The minimum Gasteiger partial charge on any atom is -0.477 e. The monoisotopic (exact) mass is 559 g/mol. The van der Waals surface area contributed by atoms with Crippen LogP contribution in [-0.2, 0) is 0 Å². The van der Waals surface area contributed by atoms with Crippen LogP contribution >= 0.6 is 0 Å². The summed E-state index contributed by atoms with van der Waals surface area (Å²) in [7, 11) is 1.64. The molecule has 2 saturated heterocycles. The second-order valence-electron chi connectivity index (χ2n) is 10.6. The maximum atomic E-state index is 15.5. The predicted molar refractivity (Wildman–Crippen MR) is 153 cm³/mol. The number of hydrogen-bond acceptors (Lipinski definition) is 7. The Bertz CT molecular complexity index is 1940. The third kappa shape index (κ3) is 3.85. The van der Waals surface area contributed by atoms with Gasteiger partial charge in [0.05, 0.1) is 33.1 Å². The molecule has 0 spiro atoms. The Balaban J connectivity index is 1.54. The quantitative estimate of drug-likeness (QED) is 0.252. The highest BCUT2D eigenvalue weighted by Gasteiger charge is 2.28. The third-order valence-corrected chi connectivity index (χ3v) is 8.29. The lowest BCUT2D eigenvalue weighted by atomic mass is 10.0. The molecule has 6 heterocycles. The number of pyridine rings is 3. The molecule has 0 unspecified atom stereocenters. The number of H-pyrrole nitrogens is 1. The van der Waals surface area contributed by atoms with E-state index in [1.54, 1.807) is 30.1 Å². The van der Waals surface area contributed by atoms with Crippen molar-refractivity contribution in [2.75, 3.05) is 43.4 Å². The van der Waals surface area contributed by atoms with Gasteiger partial charge in [-0.3, -0.25) is 4.79 Å². The number of nitrogens with one attached hydrogen (secondary N) is 3. The first-order chi connectivity index (χ1) is 19.9. The van der Waals surface area contributed by atoms with Crippen molar-refractivity contribution < 1.29 is 18.7 Å². The average Bonchev–Trinajstić information content (AvgIpc) is 3.76. The molecule has 4 N–H and O–H groups in total. The molecule has 2 fully saturated rings. The van der Waals surface area contributed by atoms with Gasteiger partial charge in [-0.1, -0.05) is 0 Å². The van der Waals surface area contributed by atoms with Crippen molar-refractivity contribution >= 4 is 50.3 Å². The molecule has 2 aliphatic rings. The van der Waals surface area contributed by atoms with Crippen molar-refractivity contribution in [3.63, 3.8) is 0 Å². The van der Waals surface area contributed by atoms with E-state index in [0.29, 0.717) is 64.3 Å². The number of benzene rings is 1. The van der Waals surface area contributed by atoms with E-state index in [0.717, 1.165) is 31.9 Å². The summed E-state index contributed by atoms with van der Waals surface area (Å²) in [6.07, 6.45) is 7.29. The third-order valence-electron chi connectivity index (χ3n) is 8.29. The second kappa shape index (κ2) is 9.51. The maximum absolute atomic E-state index is 15.5. The number of aromatic nitrogens is 4. The van der Waals surface area contributed by atoms with Crippen LogP contribution in [0.15, 0.2) is 35.5 Å². The first-order valence-corrected chi connectivity index (χ1v) is 13.6. The molecule has 12 heteroatoms. The van der Waals surface area contributed by atoms with E-state index >= 15 is 4.39 Å². The molecule has 5 aromatic rings. The van der Waals surface area contributed by atoms with Gasteiger partial charge in [0, 0.05) is 68.5 Å². The van der Waals surface area contributed by atoms with Gasteiger partial charge in [-0.25, -0.2) is 23.5 Å². The molecule has 41 heavy (non-hydrogen) atoms. The van der Waals surface area contributed by atoms with Gasteiger partial charge in [0.2, 0.25) is 5.43 Å². The number of carboxylic acids is 1. The summed E-state index contributed by atoms with van der Waals surface area (Å²) >= 11 is 0. The van der Waals surface area contributed by atoms with Crippen LogP contribution in [0, 0.1) is 11.6 Å². The number of rotatable bonds is 5. The van der Waals surface area contributed by atoms with Gasteiger partial charge in [0.1, 0.15) is 16.9 Å². The van der Waals surface area contributed by atoms with Crippen molar-refractivity contribution in [2.24, 2.45) is 0 Å². The number of aromatic amines is 1. The summed E-state index contributed by atoms with van der Waals surface area (Å²) in [5, 5.41) is 16.7. The molecule has 4 aromatic heterocycles. The fourth-order valence-corrected chi connectivity index (χ4v) is 6.31. The zero-order valence-corrected chi connectivity index (χ0v) is 22.2. The molecule has 0 aliphatic carbocycles. The first kappa shape index (κ1) is 25.4. The Kier molecular flexibility index (Phi) is 5.89. The van der Waals surface area contributed by atoms with Crippen LogP contribution in [0.25, 0.3) is 44.1 Å². The second-order valence-corrected chi connectivity index (χ2v) is 10.6. The summed E-state index contributed by atoms with van der Waals surface area (Å²) in [6, 6.07) is 2.71. The number of fused-ring (bicyclic) bond motifs is 4. The van der Waals surface area contributed by atoms with Gasteiger partial charge in [-0.15, -0.1) is 0 Å². The molecule has 0 radical (unpaired) electrons. The van der Waals surface area contributed by atoms with Crippen molar-refractivity contribution in [2.45, 2.75) is 25.3 Å². The maximum Gasteiger partial charge on any atom is 0.341 e. The van der Waals surface area contributed by atoms with Crippen molar-refractivity contribution in [1.29, 1.82) is 0 Å². The van der Waals surface area contributed by atoms with Crippen molar-refractivity contribution in [3.05, 3.63) is 58.1 Å². The molecular formula is C29H27F2N7O3. The molecule has 0 amide bonds. The highest BCUT2D eigenvalue weighted by molar-refractivity contribution is 6.18. The van der Waals surface area contributed by atoms with Crippen LogP contribution < -0.4 is 21.0 Å². The van der Waals surface area contributed by atoms with Gasteiger partial charge in [-0.2, -0.15) is 0 Å². The van der Waals surface area contributed by atoms with E-state index in [4.69, 9.17) is 0 Å². The SMILES string of the molecule is CNc1cc(F)c(F)c2c1[nH]c1ncc(-c3cnc4c(c3)c(=O)c(C(=O)O)cn4[C@@H]3CCNC3)c(N3CCCC3)c12. The molecule has 1 atom stereocenters. The Morgan fingerprint density at radius 1 is 1.15 bits per heavy atom. The molecule has 10 nitrogen and oxygen atoms in total. The number of carboxylic acid groups (broad SMARTS) is 1. The number of aromatic carboxylic acids is 1. The highest BCUT2D eigenvalue weighted by atomic mass is 19.2. The minimum absolute atomic E-state index is 0.0433. The van der Waals surface area contributed by atoms with Gasteiger partial charge in [-0.05, 0) is 31.9 Å². The molecular weight excluding hydrogens is 532 g/mol. The predicted octanol–water partition coefficient (Wildman–Crippen LogP) is 4.25. The molecule has 210 valence electrons. The largest absolute Gasteiger partial charge is 0.477 e. The number of anilines is 2. The van der Waals surface area contributed by atoms with E-state index in [-0.39, 0.29) is 22.4 Å². The minimum atomic E-state index is -1.31. The van der Waals surface area contributed by atoms with Crippen molar-refractivity contribution in [3.8, 4) is 11.1 Å². The zero-order chi connectivity index (χ0) is 28.4. The van der Waals surface area contributed by atoms with Crippen LogP contribution in [0.4, 0.5) is 20.2 Å². The van der Waals surface area contributed by atoms with E-state index in [1.807, 2.05) is 0 Å². The number of halogens is 2. The fourth-order valence-electron chi connectivity index (χ4n) is 6.31. The number of carbonyl (C=O) groups is 1. The van der Waals surface area contributed by atoms with Gasteiger partial charge >= 0.3 is 5.97 Å². The topological polar surface area (TPSA) is 128 Å². The van der Waals surface area contributed by atoms with Crippen LogP contribution in [0.5, 0.6) is 0 Å². The Morgan fingerprint density at radius 2 is 1.95 bits per heavy atom. The molecule has 1 aromatic carbocycles. The fraction of sp³-hybridized carbons (Fsp3) is 0.310. The van der Waals surface area contributed by atoms with Gasteiger partial charge in [0.25, 0.3) is 0 Å². The highest BCUT2D eigenvalue weighted by Crippen LogP contribution is 2.44. The first-order valence-electron chi connectivity index (χ1n) is 13.6. The van der Waals surface area contributed by atoms with E-state index in [9.17, 15) is 19.1 Å². The summed E-state index contributed by atoms with van der Waals surface area (Å²) in [4.78, 5) is 39.9. The van der Waals surface area contributed by atoms with Gasteiger partial charge in [0.15, 0.2) is 11.6 Å². The van der Waals surface area contributed by atoms with Crippen LogP contribution in [0.2, 0.25) is 0 Å². The number of nitrogens with zero attached hydrogens (tertiary/aromatic N) is 4. The van der Waals surface area contributed by atoms with E-state index in [1.165, 1.54) is 6.20 Å². The Morgan fingerprint density at radius 3 is 2.66 bits per heavy atom. The lowest BCUT2D eigenvalue weighted by molar-refractivity contribution is 0.0694. The van der Waals surface area contributed by atoms with Crippen LogP contribution in [-0.4, -0.2) is 63.8 Å². The number of hydrogen-bond donors (Lipinski definition) is 4. The van der Waals surface area contributed by atoms with Crippen LogP contribution in [0.3, 0.4) is 0 Å². The molecule has 7 rings (SSSR count). The Hall–Kier alpha value is -4.58. The summed E-state index contributed by atoms with van der Waals surface area (Å²) in [5.41, 5.74) is 2.45.